The van der Waals surface area contributed by atoms with Crippen molar-refractivity contribution in [1.29, 1.82) is 0 Å². The zero-order chi connectivity index (χ0) is 29.1. The second kappa shape index (κ2) is 12.4. The molecule has 0 saturated carbocycles. The Bertz CT molecular complexity index is 1600. The van der Waals surface area contributed by atoms with Crippen molar-refractivity contribution in [3.63, 3.8) is 0 Å². The fraction of sp³-hybridized carbons (Fsp3) is 0.394. The summed E-state index contributed by atoms with van der Waals surface area (Å²) in [4.78, 5) is 15.2. The van der Waals surface area contributed by atoms with E-state index in [-0.39, 0.29) is 6.04 Å². The van der Waals surface area contributed by atoms with Crippen LogP contribution >= 0.6 is 0 Å². The summed E-state index contributed by atoms with van der Waals surface area (Å²) in [6.07, 6.45) is 3.41. The molecule has 220 valence electrons. The molecule has 1 atom stereocenters. The Morgan fingerprint density at radius 2 is 1.50 bits per heavy atom. The third kappa shape index (κ3) is 6.00. The minimum atomic E-state index is -3.56. The molecule has 8 nitrogen and oxygen atoms in total. The van der Waals surface area contributed by atoms with Gasteiger partial charge in [-0.2, -0.15) is 4.31 Å². The van der Waals surface area contributed by atoms with Crippen molar-refractivity contribution in [1.82, 2.24) is 19.2 Å². The first-order valence-corrected chi connectivity index (χ1v) is 16.3. The van der Waals surface area contributed by atoms with Gasteiger partial charge in [0.25, 0.3) is 0 Å². The van der Waals surface area contributed by atoms with E-state index in [0.29, 0.717) is 42.7 Å². The fourth-order valence-corrected chi connectivity index (χ4v) is 7.62. The third-order valence-electron chi connectivity index (χ3n) is 8.77. The highest BCUT2D eigenvalue weighted by molar-refractivity contribution is 7.89. The van der Waals surface area contributed by atoms with Crippen LogP contribution in [-0.2, 0) is 16.4 Å². The van der Waals surface area contributed by atoms with Crippen LogP contribution in [0.15, 0.2) is 83.8 Å². The lowest BCUT2D eigenvalue weighted by Gasteiger charge is -2.37. The lowest BCUT2D eigenvalue weighted by molar-refractivity contribution is 0.141. The maximum absolute atomic E-state index is 13.3. The molecule has 0 aliphatic carbocycles. The van der Waals surface area contributed by atoms with E-state index in [1.807, 2.05) is 6.07 Å². The number of hydrogen-bond acceptors (Lipinski definition) is 7. The summed E-state index contributed by atoms with van der Waals surface area (Å²) in [5, 5.41) is 1.09. The first-order chi connectivity index (χ1) is 20.4. The molecule has 1 unspecified atom stereocenters. The topological polar surface area (TPSA) is 78.9 Å². The quantitative estimate of drug-likeness (QED) is 0.283. The Morgan fingerprint density at radius 3 is 2.19 bits per heavy atom. The second-order valence-electron chi connectivity index (χ2n) is 11.3. The van der Waals surface area contributed by atoms with Crippen molar-refractivity contribution in [3.05, 3.63) is 90.3 Å². The normalized spacial score (nSPS) is 18.3. The number of para-hydroxylation sites is 1. The van der Waals surface area contributed by atoms with E-state index in [2.05, 4.69) is 65.3 Å². The summed E-state index contributed by atoms with van der Waals surface area (Å²) >= 11 is 0. The van der Waals surface area contributed by atoms with E-state index >= 15 is 0 Å². The van der Waals surface area contributed by atoms with Gasteiger partial charge in [-0.05, 0) is 74.1 Å². The van der Waals surface area contributed by atoms with E-state index in [0.717, 1.165) is 54.9 Å². The van der Waals surface area contributed by atoms with Gasteiger partial charge in [-0.1, -0.05) is 42.5 Å². The molecule has 0 bridgehead atoms. The molecule has 6 rings (SSSR count). The molecule has 0 N–H and O–H groups in total. The van der Waals surface area contributed by atoms with E-state index < -0.39 is 10.0 Å². The predicted octanol–water partition coefficient (Wildman–Crippen LogP) is 5.17. The first-order valence-electron chi connectivity index (χ1n) is 14.9. The molecule has 2 saturated heterocycles. The van der Waals surface area contributed by atoms with Gasteiger partial charge < -0.3 is 9.64 Å². The zero-order valence-corrected chi connectivity index (χ0v) is 25.2. The zero-order valence-electron chi connectivity index (χ0n) is 24.4. The van der Waals surface area contributed by atoms with E-state index in [9.17, 15) is 8.42 Å². The Morgan fingerprint density at radius 1 is 0.833 bits per heavy atom. The van der Waals surface area contributed by atoms with E-state index in [1.54, 1.807) is 35.7 Å². The van der Waals surface area contributed by atoms with Gasteiger partial charge in [-0.3, -0.25) is 4.90 Å². The van der Waals surface area contributed by atoms with Gasteiger partial charge in [0.05, 0.1) is 23.6 Å². The molecule has 3 heterocycles. The average Bonchev–Trinajstić information content (AvgIpc) is 3.05. The largest absolute Gasteiger partial charge is 0.497 e. The van der Waals surface area contributed by atoms with Crippen LogP contribution in [0.1, 0.15) is 37.2 Å². The van der Waals surface area contributed by atoms with Crippen LogP contribution in [0.5, 0.6) is 5.75 Å². The Hall–Kier alpha value is -3.53. The maximum atomic E-state index is 13.3. The molecule has 1 aromatic heterocycles. The smallest absolute Gasteiger partial charge is 0.243 e. The number of methoxy groups -OCH3 is 1. The third-order valence-corrected chi connectivity index (χ3v) is 10.7. The minimum Gasteiger partial charge on any atom is -0.497 e. The highest BCUT2D eigenvalue weighted by Crippen LogP contribution is 2.32. The molecule has 42 heavy (non-hydrogen) atoms. The number of fused-ring (bicyclic) bond motifs is 1. The summed E-state index contributed by atoms with van der Waals surface area (Å²) in [5.74, 6) is 3.13. The fourth-order valence-electron chi connectivity index (χ4n) is 6.19. The predicted molar refractivity (Wildman–Crippen MR) is 166 cm³/mol. The van der Waals surface area contributed by atoms with Crippen LogP contribution in [0, 0.1) is 5.92 Å². The molecule has 2 aliphatic heterocycles. The molecular formula is C33H39N5O3S. The van der Waals surface area contributed by atoms with Crippen LogP contribution < -0.4 is 9.64 Å². The van der Waals surface area contributed by atoms with Gasteiger partial charge in [0.2, 0.25) is 10.0 Å². The number of rotatable bonds is 8. The number of hydrogen-bond donors (Lipinski definition) is 0. The number of nitrogens with zero attached hydrogens (tertiary/aromatic N) is 5. The first kappa shape index (κ1) is 28.6. The van der Waals surface area contributed by atoms with Crippen LogP contribution in [0.2, 0.25) is 0 Å². The summed E-state index contributed by atoms with van der Waals surface area (Å²) in [5.41, 5.74) is 2.37. The number of sulfonamides is 1. The molecular weight excluding hydrogens is 546 g/mol. The molecule has 2 aliphatic rings. The molecule has 3 aromatic carbocycles. The maximum Gasteiger partial charge on any atom is 0.243 e. The van der Waals surface area contributed by atoms with Crippen molar-refractivity contribution in [2.24, 2.45) is 5.92 Å². The van der Waals surface area contributed by atoms with Gasteiger partial charge in [0.15, 0.2) is 0 Å². The molecule has 4 aromatic rings. The number of piperidine rings is 1. The Labute approximate surface area is 249 Å². The lowest BCUT2D eigenvalue weighted by Crippen LogP contribution is -2.49. The average molecular weight is 586 g/mol. The van der Waals surface area contributed by atoms with Crippen molar-refractivity contribution in [2.45, 2.75) is 37.1 Å². The number of anilines is 1. The molecule has 0 radical (unpaired) electrons. The number of piperazine rings is 1. The Balaban J connectivity index is 1.15. The van der Waals surface area contributed by atoms with Gasteiger partial charge in [0.1, 0.15) is 17.4 Å². The van der Waals surface area contributed by atoms with Crippen LogP contribution in [0.4, 0.5) is 5.82 Å². The summed E-state index contributed by atoms with van der Waals surface area (Å²) < 4.78 is 33.3. The number of benzene rings is 3. The van der Waals surface area contributed by atoms with Crippen molar-refractivity contribution in [3.8, 4) is 5.75 Å². The molecule has 0 spiro atoms. The van der Waals surface area contributed by atoms with Crippen molar-refractivity contribution < 1.29 is 13.2 Å². The van der Waals surface area contributed by atoms with Gasteiger partial charge in [-0.25, -0.2) is 18.4 Å². The van der Waals surface area contributed by atoms with Gasteiger partial charge in [-0.15, -0.1) is 0 Å². The SMILES string of the molecule is COc1ccc(S(=O)(=O)N2CCN(C(C)c3nc(N4CCC(Cc5ccccc5)CC4)c4ccccc4n3)CC2)cc1. The standard InChI is InChI=1S/C33H39N5O3S/c1-25(36-20-22-38(23-21-36)42(39,40)29-14-12-28(41-2)13-15-29)32-34-31-11-7-6-10-30(31)33(35-32)37-18-16-27(17-19-37)24-26-8-4-3-5-9-26/h3-15,25,27H,16-24H2,1-2H3. The monoisotopic (exact) mass is 585 g/mol. The minimum absolute atomic E-state index is 0.0326. The molecule has 2 fully saturated rings. The van der Waals surface area contributed by atoms with E-state index in [1.165, 1.54) is 5.56 Å². The van der Waals surface area contributed by atoms with E-state index in [4.69, 9.17) is 14.7 Å². The van der Waals surface area contributed by atoms with Crippen LogP contribution in [0.3, 0.4) is 0 Å². The Kier molecular flexibility index (Phi) is 8.42. The highest BCUT2D eigenvalue weighted by atomic mass is 32.2. The van der Waals surface area contributed by atoms with Crippen molar-refractivity contribution in [2.75, 3.05) is 51.3 Å². The summed E-state index contributed by atoms with van der Waals surface area (Å²) in [7, 11) is -1.99. The number of aromatic nitrogens is 2. The van der Waals surface area contributed by atoms with Gasteiger partial charge in [0, 0.05) is 44.7 Å². The van der Waals surface area contributed by atoms with Crippen LogP contribution in [0.25, 0.3) is 10.9 Å². The van der Waals surface area contributed by atoms with Gasteiger partial charge >= 0.3 is 0 Å². The number of ether oxygens (including phenoxy) is 1. The lowest BCUT2D eigenvalue weighted by atomic mass is 9.90. The highest BCUT2D eigenvalue weighted by Gasteiger charge is 2.32. The van der Waals surface area contributed by atoms with Crippen LogP contribution in [-0.4, -0.2) is 74.0 Å². The summed E-state index contributed by atoms with van der Waals surface area (Å²) in [6, 6.07) is 25.6. The summed E-state index contributed by atoms with van der Waals surface area (Å²) in [6.45, 7) is 6.18. The molecule has 9 heteroatoms. The van der Waals surface area contributed by atoms with Crippen molar-refractivity contribution >= 4 is 26.7 Å². The molecule has 0 amide bonds. The second-order valence-corrected chi connectivity index (χ2v) is 13.3.